The van der Waals surface area contributed by atoms with Crippen molar-refractivity contribution in [2.45, 2.75) is 25.3 Å². The number of rotatable bonds is 6. The third-order valence-electron chi connectivity index (χ3n) is 4.13. The fourth-order valence-electron chi connectivity index (χ4n) is 2.80. The summed E-state index contributed by atoms with van der Waals surface area (Å²) < 4.78 is 28.4. The molecule has 0 aliphatic heterocycles. The Morgan fingerprint density at radius 1 is 1.14 bits per heavy atom. The Balaban J connectivity index is 1.88. The second-order valence-electron chi connectivity index (χ2n) is 6.92. The van der Waals surface area contributed by atoms with Crippen molar-refractivity contribution < 1.29 is 8.42 Å². The van der Waals surface area contributed by atoms with Crippen molar-refractivity contribution in [2.75, 3.05) is 18.8 Å². The zero-order chi connectivity index (χ0) is 20.5. The summed E-state index contributed by atoms with van der Waals surface area (Å²) in [5, 5.41) is 1.41. The molecule has 2 aromatic carbocycles. The molecule has 28 heavy (non-hydrogen) atoms. The van der Waals surface area contributed by atoms with Gasteiger partial charge in [-0.1, -0.05) is 23.7 Å². The van der Waals surface area contributed by atoms with E-state index in [0.717, 1.165) is 27.6 Å². The lowest BCUT2D eigenvalue weighted by atomic mass is 10.2. The van der Waals surface area contributed by atoms with Gasteiger partial charge in [-0.15, -0.1) is 11.3 Å². The topological polar surface area (TPSA) is 62.3 Å². The SMILES string of the molecule is Cc1cc(S(=O)(=O)Nc2cccc(-c3ncc(CN(C)C)s3)c2)c(C)cc1Cl. The number of nitrogens with one attached hydrogen (secondary N) is 1. The van der Waals surface area contributed by atoms with E-state index in [4.69, 9.17) is 11.6 Å². The Morgan fingerprint density at radius 3 is 2.61 bits per heavy atom. The van der Waals surface area contributed by atoms with E-state index in [-0.39, 0.29) is 4.90 Å². The number of aromatic nitrogens is 1. The summed E-state index contributed by atoms with van der Waals surface area (Å²) >= 11 is 7.69. The van der Waals surface area contributed by atoms with Gasteiger partial charge in [-0.25, -0.2) is 13.4 Å². The van der Waals surface area contributed by atoms with Gasteiger partial charge in [0.05, 0.1) is 4.90 Å². The van der Waals surface area contributed by atoms with Gasteiger partial charge >= 0.3 is 0 Å². The van der Waals surface area contributed by atoms with Gasteiger partial charge in [-0.05, 0) is 63.3 Å². The number of sulfonamides is 1. The minimum Gasteiger partial charge on any atom is -0.304 e. The quantitative estimate of drug-likeness (QED) is 0.595. The second kappa shape index (κ2) is 8.21. The molecule has 0 fully saturated rings. The van der Waals surface area contributed by atoms with Crippen LogP contribution in [0.1, 0.15) is 16.0 Å². The van der Waals surface area contributed by atoms with Crippen LogP contribution in [-0.4, -0.2) is 32.4 Å². The number of thiazole rings is 1. The second-order valence-corrected chi connectivity index (χ2v) is 10.1. The Hall–Kier alpha value is -1.93. The average molecular weight is 436 g/mol. The highest BCUT2D eigenvalue weighted by atomic mass is 35.5. The molecule has 0 aliphatic rings. The predicted molar refractivity (Wildman–Crippen MR) is 117 cm³/mol. The predicted octanol–water partition coefficient (Wildman–Crippen LogP) is 4.94. The van der Waals surface area contributed by atoms with E-state index in [9.17, 15) is 8.42 Å². The van der Waals surface area contributed by atoms with Crippen LogP contribution in [0.15, 0.2) is 47.5 Å². The number of hydrogen-bond acceptors (Lipinski definition) is 5. The first-order chi connectivity index (χ1) is 13.2. The van der Waals surface area contributed by atoms with Crippen LogP contribution in [0.4, 0.5) is 5.69 Å². The van der Waals surface area contributed by atoms with E-state index < -0.39 is 10.0 Å². The maximum absolute atomic E-state index is 12.9. The molecule has 0 unspecified atom stereocenters. The van der Waals surface area contributed by atoms with Gasteiger partial charge in [0.25, 0.3) is 10.0 Å². The summed E-state index contributed by atoms with van der Waals surface area (Å²) in [5.41, 5.74) is 2.69. The van der Waals surface area contributed by atoms with Gasteiger partial charge in [0.1, 0.15) is 5.01 Å². The first-order valence-corrected chi connectivity index (χ1v) is 11.3. The van der Waals surface area contributed by atoms with Crippen molar-refractivity contribution in [1.82, 2.24) is 9.88 Å². The molecule has 148 valence electrons. The molecule has 0 amide bonds. The molecule has 0 saturated carbocycles. The largest absolute Gasteiger partial charge is 0.304 e. The monoisotopic (exact) mass is 435 g/mol. The number of hydrogen-bond donors (Lipinski definition) is 1. The van der Waals surface area contributed by atoms with E-state index >= 15 is 0 Å². The third-order valence-corrected chi connectivity index (χ3v) is 7.09. The van der Waals surface area contributed by atoms with Crippen LogP contribution in [-0.2, 0) is 16.6 Å². The van der Waals surface area contributed by atoms with Crippen LogP contribution in [0.5, 0.6) is 0 Å². The van der Waals surface area contributed by atoms with Gasteiger partial charge in [0.15, 0.2) is 0 Å². The minimum atomic E-state index is -3.73. The molecule has 8 heteroatoms. The smallest absolute Gasteiger partial charge is 0.262 e. The first kappa shape index (κ1) is 20.8. The Kier molecular flexibility index (Phi) is 6.09. The number of anilines is 1. The standard InChI is InChI=1S/C20H22ClN3O2S2/c1-13-9-19(14(2)8-18(13)21)28(25,26)23-16-7-5-6-15(10-16)20-22-11-17(27-20)12-24(3)4/h5-11,23H,12H2,1-4H3. The molecule has 5 nitrogen and oxygen atoms in total. The molecule has 3 rings (SSSR count). The summed E-state index contributed by atoms with van der Waals surface area (Å²) in [5.74, 6) is 0. The van der Waals surface area contributed by atoms with Crippen molar-refractivity contribution in [3.8, 4) is 10.6 Å². The minimum absolute atomic E-state index is 0.224. The number of nitrogens with zero attached hydrogens (tertiary/aromatic N) is 2. The lowest BCUT2D eigenvalue weighted by Crippen LogP contribution is -2.14. The molecule has 0 spiro atoms. The van der Waals surface area contributed by atoms with Crippen molar-refractivity contribution in [1.29, 1.82) is 0 Å². The van der Waals surface area contributed by atoms with E-state index in [0.29, 0.717) is 16.3 Å². The molecule has 3 aromatic rings. The summed E-state index contributed by atoms with van der Waals surface area (Å²) in [4.78, 5) is 7.93. The van der Waals surface area contributed by atoms with Crippen molar-refractivity contribution in [3.63, 3.8) is 0 Å². The molecular weight excluding hydrogens is 414 g/mol. The number of benzene rings is 2. The molecule has 0 bridgehead atoms. The normalized spacial score (nSPS) is 11.8. The molecule has 1 N–H and O–H groups in total. The van der Waals surface area contributed by atoms with Crippen molar-refractivity contribution in [2.24, 2.45) is 0 Å². The van der Waals surface area contributed by atoms with Crippen LogP contribution < -0.4 is 4.72 Å². The molecule has 1 aromatic heterocycles. The van der Waals surface area contributed by atoms with Gasteiger partial charge in [0.2, 0.25) is 0 Å². The van der Waals surface area contributed by atoms with Crippen LogP contribution in [0, 0.1) is 13.8 Å². The van der Waals surface area contributed by atoms with E-state index in [1.807, 2.05) is 32.4 Å². The fourth-order valence-corrected chi connectivity index (χ4v) is 5.40. The highest BCUT2D eigenvalue weighted by Gasteiger charge is 2.19. The third kappa shape index (κ3) is 4.72. The Bertz CT molecular complexity index is 1110. The molecular formula is C20H22ClN3O2S2. The highest BCUT2D eigenvalue weighted by Crippen LogP contribution is 2.30. The Labute approximate surface area is 175 Å². The maximum atomic E-state index is 12.9. The van der Waals surface area contributed by atoms with Crippen LogP contribution in [0.3, 0.4) is 0 Å². The lowest BCUT2D eigenvalue weighted by molar-refractivity contribution is 0.406. The zero-order valence-corrected chi connectivity index (χ0v) is 18.5. The fraction of sp³-hybridized carbons (Fsp3) is 0.250. The van der Waals surface area contributed by atoms with E-state index in [1.165, 1.54) is 0 Å². The van der Waals surface area contributed by atoms with Gasteiger partial charge < -0.3 is 4.90 Å². The molecule has 0 aliphatic carbocycles. The van der Waals surface area contributed by atoms with Crippen LogP contribution in [0.2, 0.25) is 5.02 Å². The summed E-state index contributed by atoms with van der Waals surface area (Å²) in [6.45, 7) is 4.34. The molecule has 0 saturated heterocycles. The van der Waals surface area contributed by atoms with Gasteiger partial charge in [0, 0.05) is 33.9 Å². The first-order valence-electron chi connectivity index (χ1n) is 8.65. The van der Waals surface area contributed by atoms with Gasteiger partial charge in [-0.2, -0.15) is 0 Å². The summed E-state index contributed by atoms with van der Waals surface area (Å²) in [6.07, 6.45) is 1.86. The molecule has 1 heterocycles. The maximum Gasteiger partial charge on any atom is 0.262 e. The number of aryl methyl sites for hydroxylation is 2. The van der Waals surface area contributed by atoms with Crippen molar-refractivity contribution in [3.05, 3.63) is 63.6 Å². The van der Waals surface area contributed by atoms with Gasteiger partial charge in [-0.3, -0.25) is 4.72 Å². The summed E-state index contributed by atoms with van der Waals surface area (Å²) in [7, 11) is 0.293. The Morgan fingerprint density at radius 2 is 1.89 bits per heavy atom. The van der Waals surface area contributed by atoms with E-state index in [1.54, 1.807) is 49.4 Å². The average Bonchev–Trinajstić information content (AvgIpc) is 3.05. The van der Waals surface area contributed by atoms with Crippen LogP contribution in [0.25, 0.3) is 10.6 Å². The van der Waals surface area contributed by atoms with E-state index in [2.05, 4.69) is 14.6 Å². The summed E-state index contributed by atoms with van der Waals surface area (Å²) in [6, 6.07) is 10.5. The number of halogens is 1. The molecule has 0 atom stereocenters. The van der Waals surface area contributed by atoms with Crippen molar-refractivity contribution >= 4 is 38.6 Å². The van der Waals surface area contributed by atoms with Crippen LogP contribution >= 0.6 is 22.9 Å². The molecule has 0 radical (unpaired) electrons. The highest BCUT2D eigenvalue weighted by molar-refractivity contribution is 7.92. The lowest BCUT2D eigenvalue weighted by Gasteiger charge is -2.12. The zero-order valence-electron chi connectivity index (χ0n) is 16.2.